The summed E-state index contributed by atoms with van der Waals surface area (Å²) in [6.45, 7) is 5.15. The van der Waals surface area contributed by atoms with E-state index < -0.39 is 0 Å². The summed E-state index contributed by atoms with van der Waals surface area (Å²) in [5, 5.41) is 8.97. The molecule has 0 spiro atoms. The van der Waals surface area contributed by atoms with E-state index >= 15 is 0 Å². The highest BCUT2D eigenvalue weighted by atomic mass is 32.2. The normalized spacial score (nSPS) is 19.8. The molecule has 1 unspecified atom stereocenters. The van der Waals surface area contributed by atoms with Crippen LogP contribution < -0.4 is 0 Å². The van der Waals surface area contributed by atoms with Crippen LogP contribution in [-0.4, -0.2) is 30.5 Å². The fraction of sp³-hybridized carbons (Fsp3) is 0.500. The Morgan fingerprint density at radius 3 is 3.12 bits per heavy atom. The molecule has 0 aromatic carbocycles. The lowest BCUT2D eigenvalue weighted by Gasteiger charge is -2.19. The number of fused-ring (bicyclic) bond motifs is 1. The van der Waals surface area contributed by atoms with Gasteiger partial charge in [0.05, 0.1) is 11.6 Å². The Morgan fingerprint density at radius 1 is 1.50 bits per heavy atom. The van der Waals surface area contributed by atoms with E-state index in [0.717, 1.165) is 35.3 Å². The van der Waals surface area contributed by atoms with Gasteiger partial charge in [0.2, 0.25) is 0 Å². The Bertz CT molecular complexity index is 515. The molecule has 16 heavy (non-hydrogen) atoms. The van der Waals surface area contributed by atoms with E-state index in [9.17, 15) is 0 Å². The summed E-state index contributed by atoms with van der Waals surface area (Å²) in [5.41, 5.74) is 1.96. The van der Waals surface area contributed by atoms with E-state index in [2.05, 4.69) is 31.7 Å². The van der Waals surface area contributed by atoms with Gasteiger partial charge < -0.3 is 9.55 Å². The van der Waals surface area contributed by atoms with Gasteiger partial charge in [0, 0.05) is 18.0 Å². The Labute approximate surface area is 97.7 Å². The number of H-pyrrole nitrogens is 1. The number of imidazole rings is 1. The van der Waals surface area contributed by atoms with E-state index in [4.69, 9.17) is 0 Å². The van der Waals surface area contributed by atoms with Gasteiger partial charge in [-0.1, -0.05) is 0 Å². The van der Waals surface area contributed by atoms with Crippen LogP contribution in [0.4, 0.5) is 0 Å². The van der Waals surface area contributed by atoms with E-state index in [1.165, 1.54) is 0 Å². The van der Waals surface area contributed by atoms with Gasteiger partial charge in [-0.05, 0) is 13.8 Å². The van der Waals surface area contributed by atoms with Crippen LogP contribution in [0, 0.1) is 6.92 Å². The van der Waals surface area contributed by atoms with Crippen molar-refractivity contribution in [2.75, 3.05) is 5.75 Å². The molecule has 1 N–H and O–H groups in total. The number of rotatable bonds is 1. The van der Waals surface area contributed by atoms with Crippen LogP contribution in [0.1, 0.15) is 23.7 Å². The largest absolute Gasteiger partial charge is 0.348 e. The first-order valence-corrected chi connectivity index (χ1v) is 6.37. The predicted octanol–water partition coefficient (Wildman–Crippen LogP) is 1.78. The minimum atomic E-state index is 0.425. The van der Waals surface area contributed by atoms with Crippen LogP contribution in [0.2, 0.25) is 0 Å². The topological polar surface area (TPSA) is 59.4 Å². The van der Waals surface area contributed by atoms with Crippen molar-refractivity contribution in [3.8, 4) is 11.5 Å². The molecule has 0 saturated carbocycles. The Hall–Kier alpha value is -1.30. The van der Waals surface area contributed by atoms with Crippen LogP contribution in [0.15, 0.2) is 6.33 Å². The third kappa shape index (κ3) is 1.36. The van der Waals surface area contributed by atoms with E-state index in [1.54, 1.807) is 6.33 Å². The van der Waals surface area contributed by atoms with Crippen molar-refractivity contribution in [1.82, 2.24) is 24.7 Å². The number of hydrogen-bond acceptors (Lipinski definition) is 4. The first-order valence-electron chi connectivity index (χ1n) is 5.32. The van der Waals surface area contributed by atoms with Crippen molar-refractivity contribution in [2.45, 2.75) is 25.6 Å². The molecular weight excluding hydrogens is 222 g/mol. The lowest BCUT2D eigenvalue weighted by atomic mass is 10.3. The highest BCUT2D eigenvalue weighted by Crippen LogP contribution is 2.33. The van der Waals surface area contributed by atoms with Crippen LogP contribution >= 0.6 is 11.8 Å². The average Bonchev–Trinajstić information content (AvgIpc) is 2.84. The van der Waals surface area contributed by atoms with Crippen molar-refractivity contribution in [3.05, 3.63) is 17.8 Å². The van der Waals surface area contributed by atoms with E-state index in [1.807, 2.05) is 18.7 Å². The monoisotopic (exact) mass is 235 g/mol. The molecule has 1 atom stereocenters. The number of nitrogens with one attached hydrogen (secondary N) is 1. The smallest absolute Gasteiger partial charge is 0.184 e. The molecule has 5 nitrogen and oxygen atoms in total. The van der Waals surface area contributed by atoms with E-state index in [-0.39, 0.29) is 0 Å². The number of aromatic nitrogens is 5. The van der Waals surface area contributed by atoms with Gasteiger partial charge in [-0.25, -0.2) is 4.98 Å². The van der Waals surface area contributed by atoms with Gasteiger partial charge in [-0.15, -0.1) is 22.0 Å². The standard InChI is InChI=1S/C10H13N5S/c1-6-8(12-5-11-6)10-14-13-9-7(2)16-4-3-15(9)10/h5,7H,3-4H2,1-2H3,(H,11,12). The lowest BCUT2D eigenvalue weighted by molar-refractivity contribution is 0.690. The Kier molecular flexibility index (Phi) is 2.24. The second-order valence-corrected chi connectivity index (χ2v) is 5.37. The van der Waals surface area contributed by atoms with Crippen LogP contribution in [-0.2, 0) is 6.54 Å². The molecular formula is C10H13N5S. The Balaban J connectivity index is 2.13. The maximum absolute atomic E-state index is 4.31. The van der Waals surface area contributed by atoms with Gasteiger partial charge in [-0.3, -0.25) is 0 Å². The summed E-state index contributed by atoms with van der Waals surface area (Å²) in [5.74, 6) is 3.07. The van der Waals surface area contributed by atoms with Crippen molar-refractivity contribution in [1.29, 1.82) is 0 Å². The average molecular weight is 235 g/mol. The molecule has 0 radical (unpaired) electrons. The summed E-state index contributed by atoms with van der Waals surface area (Å²) < 4.78 is 2.18. The molecule has 2 aromatic heterocycles. The Morgan fingerprint density at radius 2 is 2.38 bits per heavy atom. The number of aromatic amines is 1. The first kappa shape index (κ1) is 9.89. The van der Waals surface area contributed by atoms with Gasteiger partial charge in [0.1, 0.15) is 11.5 Å². The molecule has 1 aliphatic rings. The number of thioether (sulfide) groups is 1. The molecule has 3 heterocycles. The summed E-state index contributed by atoms with van der Waals surface area (Å²) >= 11 is 1.92. The third-order valence-electron chi connectivity index (χ3n) is 2.87. The maximum Gasteiger partial charge on any atom is 0.184 e. The molecule has 6 heteroatoms. The lowest BCUT2D eigenvalue weighted by Crippen LogP contribution is -2.14. The summed E-state index contributed by atoms with van der Waals surface area (Å²) in [4.78, 5) is 7.38. The quantitative estimate of drug-likeness (QED) is 0.818. The summed E-state index contributed by atoms with van der Waals surface area (Å²) in [6.07, 6.45) is 1.70. The predicted molar refractivity (Wildman–Crippen MR) is 63.2 cm³/mol. The molecule has 0 fully saturated rings. The molecule has 0 bridgehead atoms. The minimum Gasteiger partial charge on any atom is -0.348 e. The number of nitrogens with zero attached hydrogens (tertiary/aromatic N) is 4. The van der Waals surface area contributed by atoms with Gasteiger partial charge >= 0.3 is 0 Å². The zero-order valence-electron chi connectivity index (χ0n) is 9.27. The maximum atomic E-state index is 4.31. The fourth-order valence-electron chi connectivity index (χ4n) is 1.99. The van der Waals surface area contributed by atoms with Crippen LogP contribution in [0.3, 0.4) is 0 Å². The summed E-state index contributed by atoms with van der Waals surface area (Å²) in [7, 11) is 0. The fourth-order valence-corrected chi connectivity index (χ4v) is 2.96. The van der Waals surface area contributed by atoms with Crippen molar-refractivity contribution >= 4 is 11.8 Å². The van der Waals surface area contributed by atoms with Crippen molar-refractivity contribution < 1.29 is 0 Å². The van der Waals surface area contributed by atoms with E-state index in [0.29, 0.717) is 5.25 Å². The second kappa shape index (κ2) is 3.62. The number of aryl methyl sites for hydroxylation is 1. The SMILES string of the molecule is Cc1[nH]cnc1-c1nnc2n1CCSC2C. The highest BCUT2D eigenvalue weighted by molar-refractivity contribution is 7.99. The molecule has 0 amide bonds. The number of hydrogen-bond donors (Lipinski definition) is 1. The highest BCUT2D eigenvalue weighted by Gasteiger charge is 2.24. The molecule has 0 aliphatic carbocycles. The zero-order valence-corrected chi connectivity index (χ0v) is 10.1. The molecule has 2 aromatic rings. The van der Waals surface area contributed by atoms with Gasteiger partial charge in [0.25, 0.3) is 0 Å². The third-order valence-corrected chi connectivity index (χ3v) is 4.00. The molecule has 84 valence electrons. The van der Waals surface area contributed by atoms with Crippen molar-refractivity contribution in [3.63, 3.8) is 0 Å². The minimum absolute atomic E-state index is 0.425. The first-order chi connectivity index (χ1) is 7.77. The van der Waals surface area contributed by atoms with Gasteiger partial charge in [0.15, 0.2) is 5.82 Å². The molecule has 3 rings (SSSR count). The summed E-state index contributed by atoms with van der Waals surface area (Å²) in [6, 6.07) is 0. The van der Waals surface area contributed by atoms with Crippen LogP contribution in [0.5, 0.6) is 0 Å². The van der Waals surface area contributed by atoms with Crippen molar-refractivity contribution in [2.24, 2.45) is 0 Å². The molecule has 1 aliphatic heterocycles. The van der Waals surface area contributed by atoms with Crippen LogP contribution in [0.25, 0.3) is 11.5 Å². The molecule has 0 saturated heterocycles. The zero-order chi connectivity index (χ0) is 11.1. The second-order valence-electron chi connectivity index (χ2n) is 3.92. The van der Waals surface area contributed by atoms with Gasteiger partial charge in [-0.2, -0.15) is 0 Å².